The molecular formula is C32H31ClFN5O4. The van der Waals surface area contributed by atoms with Crippen LogP contribution in [0.15, 0.2) is 54.0 Å². The van der Waals surface area contributed by atoms with E-state index in [4.69, 9.17) is 16.3 Å². The summed E-state index contributed by atoms with van der Waals surface area (Å²) in [6.07, 6.45) is 2.95. The highest BCUT2D eigenvalue weighted by molar-refractivity contribution is 6.33. The Kier molecular flexibility index (Phi) is 7.12. The SMILES string of the molecule is C=CC(=O)N1CC2COc3c(F)c(-c4c(O)cccc4Cl)cc4c3c(nc(=O)n4-c3c(C)ccnc3C(C)C)N2CC1C. The first-order valence-corrected chi connectivity index (χ1v) is 14.5. The molecule has 1 fully saturated rings. The molecule has 0 radical (unpaired) electrons. The lowest BCUT2D eigenvalue weighted by Crippen LogP contribution is -2.60. The number of anilines is 1. The summed E-state index contributed by atoms with van der Waals surface area (Å²) in [4.78, 5) is 39.5. The highest BCUT2D eigenvalue weighted by atomic mass is 35.5. The van der Waals surface area contributed by atoms with E-state index < -0.39 is 17.5 Å². The number of halogens is 2. The van der Waals surface area contributed by atoms with Crippen molar-refractivity contribution in [3.8, 4) is 28.3 Å². The maximum Gasteiger partial charge on any atom is 0.354 e. The number of hydrogen-bond donors (Lipinski definition) is 1. The van der Waals surface area contributed by atoms with Crippen LogP contribution in [0.5, 0.6) is 11.5 Å². The fourth-order valence-corrected chi connectivity index (χ4v) is 6.43. The number of phenolic OH excluding ortho intramolecular Hbond substituents is 1. The molecule has 1 N–H and O–H groups in total. The molecule has 2 aliphatic heterocycles. The summed E-state index contributed by atoms with van der Waals surface area (Å²) >= 11 is 6.50. The fourth-order valence-electron chi connectivity index (χ4n) is 6.16. The fraction of sp³-hybridized carbons (Fsp3) is 0.312. The second-order valence-corrected chi connectivity index (χ2v) is 11.7. The van der Waals surface area contributed by atoms with Gasteiger partial charge in [-0.2, -0.15) is 4.98 Å². The van der Waals surface area contributed by atoms with Gasteiger partial charge in [-0.15, -0.1) is 0 Å². The largest absolute Gasteiger partial charge is 0.507 e. The summed E-state index contributed by atoms with van der Waals surface area (Å²) < 4.78 is 24.3. The van der Waals surface area contributed by atoms with Crippen molar-refractivity contribution < 1.29 is 19.0 Å². The number of rotatable bonds is 4. The molecule has 0 spiro atoms. The maximum absolute atomic E-state index is 16.7. The second-order valence-electron chi connectivity index (χ2n) is 11.3. The van der Waals surface area contributed by atoms with Crippen molar-refractivity contribution in [3.05, 3.63) is 81.8 Å². The molecule has 2 atom stereocenters. The van der Waals surface area contributed by atoms with Crippen LogP contribution in [0.2, 0.25) is 5.02 Å². The summed E-state index contributed by atoms with van der Waals surface area (Å²) in [5.74, 6) is -1.08. The normalized spacial score (nSPS) is 17.9. The van der Waals surface area contributed by atoms with Gasteiger partial charge in [-0.1, -0.05) is 38.1 Å². The smallest absolute Gasteiger partial charge is 0.354 e. The van der Waals surface area contributed by atoms with E-state index in [2.05, 4.69) is 16.5 Å². The number of phenols is 1. The number of fused-ring (bicyclic) bond motifs is 2. The van der Waals surface area contributed by atoms with Crippen LogP contribution in [-0.2, 0) is 4.79 Å². The number of aryl methyl sites for hydroxylation is 1. The zero-order chi connectivity index (χ0) is 30.7. The van der Waals surface area contributed by atoms with E-state index in [1.807, 2.05) is 32.6 Å². The molecule has 1 amide bonds. The lowest BCUT2D eigenvalue weighted by atomic mass is 9.99. The zero-order valence-electron chi connectivity index (χ0n) is 24.3. The molecule has 2 unspecified atom stereocenters. The highest BCUT2D eigenvalue weighted by Gasteiger charge is 2.39. The molecule has 2 aliphatic rings. The first-order valence-electron chi connectivity index (χ1n) is 14.1. The van der Waals surface area contributed by atoms with Crippen LogP contribution in [0.25, 0.3) is 27.7 Å². The standard InChI is InChI=1S/C32H31ClFN5O4/c1-6-24(41)37-14-19-15-43-30-26-22(12-20(27(30)34)25-21(33)8-7-9-23(25)40)39(29-17(4)10-11-35-28(29)16(2)3)32(42)36-31(26)38(19)13-18(37)5/h6-12,16,18-19,40H,1,13-15H2,2-5H3. The number of nitrogens with zero attached hydrogens (tertiary/aromatic N) is 5. The van der Waals surface area contributed by atoms with Gasteiger partial charge in [0.2, 0.25) is 5.91 Å². The van der Waals surface area contributed by atoms with Gasteiger partial charge in [0.15, 0.2) is 11.6 Å². The molecule has 222 valence electrons. The van der Waals surface area contributed by atoms with Crippen LogP contribution >= 0.6 is 11.6 Å². The predicted molar refractivity (Wildman–Crippen MR) is 164 cm³/mol. The number of piperazine rings is 1. The van der Waals surface area contributed by atoms with Crippen molar-refractivity contribution in [2.75, 3.05) is 24.6 Å². The van der Waals surface area contributed by atoms with Crippen molar-refractivity contribution in [3.63, 3.8) is 0 Å². The van der Waals surface area contributed by atoms with Crippen LogP contribution in [0.4, 0.5) is 10.2 Å². The van der Waals surface area contributed by atoms with E-state index in [1.165, 1.54) is 22.8 Å². The average molecular weight is 604 g/mol. The third-order valence-corrected chi connectivity index (χ3v) is 8.55. The van der Waals surface area contributed by atoms with Crippen LogP contribution in [0, 0.1) is 12.7 Å². The lowest BCUT2D eigenvalue weighted by molar-refractivity contribution is -0.129. The van der Waals surface area contributed by atoms with Gasteiger partial charge >= 0.3 is 5.69 Å². The number of pyridine rings is 1. The average Bonchev–Trinajstić information content (AvgIpc) is 3.12. The van der Waals surface area contributed by atoms with Crippen molar-refractivity contribution in [2.45, 2.75) is 45.7 Å². The topological polar surface area (TPSA) is 101 Å². The number of amides is 1. The molecule has 4 aromatic rings. The molecule has 1 saturated heterocycles. The molecule has 0 saturated carbocycles. The maximum atomic E-state index is 16.7. The Bertz CT molecular complexity index is 1850. The summed E-state index contributed by atoms with van der Waals surface area (Å²) in [6.45, 7) is 12.0. The molecule has 43 heavy (non-hydrogen) atoms. The van der Waals surface area contributed by atoms with Gasteiger partial charge in [0.05, 0.1) is 33.3 Å². The van der Waals surface area contributed by atoms with E-state index in [-0.39, 0.29) is 64.5 Å². The molecule has 4 heterocycles. The van der Waals surface area contributed by atoms with E-state index in [0.29, 0.717) is 28.8 Å². The second kappa shape index (κ2) is 10.7. The Morgan fingerprint density at radius 3 is 2.74 bits per heavy atom. The number of carbonyl (C=O) groups is 1. The van der Waals surface area contributed by atoms with E-state index in [9.17, 15) is 14.7 Å². The summed E-state index contributed by atoms with van der Waals surface area (Å²) in [5, 5.41) is 11.2. The monoisotopic (exact) mass is 603 g/mol. The third kappa shape index (κ3) is 4.52. The van der Waals surface area contributed by atoms with Gasteiger partial charge < -0.3 is 19.6 Å². The number of hydrogen-bond acceptors (Lipinski definition) is 7. The van der Waals surface area contributed by atoms with Crippen LogP contribution in [0.3, 0.4) is 0 Å². The van der Waals surface area contributed by atoms with Crippen molar-refractivity contribution in [1.29, 1.82) is 0 Å². The summed E-state index contributed by atoms with van der Waals surface area (Å²) in [6, 6.07) is 7.21. The molecule has 2 aromatic carbocycles. The number of aromatic hydroxyl groups is 1. The highest BCUT2D eigenvalue weighted by Crippen LogP contribution is 2.46. The summed E-state index contributed by atoms with van der Waals surface area (Å²) in [7, 11) is 0. The Morgan fingerprint density at radius 2 is 2.05 bits per heavy atom. The third-order valence-electron chi connectivity index (χ3n) is 8.23. The lowest BCUT2D eigenvalue weighted by Gasteiger charge is -2.44. The van der Waals surface area contributed by atoms with Gasteiger partial charge in [0.25, 0.3) is 0 Å². The minimum atomic E-state index is -0.747. The minimum absolute atomic E-state index is 0.0192. The Morgan fingerprint density at radius 1 is 1.28 bits per heavy atom. The van der Waals surface area contributed by atoms with E-state index >= 15 is 4.39 Å². The number of ether oxygens (including phenoxy) is 1. The number of benzene rings is 2. The molecular weight excluding hydrogens is 573 g/mol. The summed E-state index contributed by atoms with van der Waals surface area (Å²) in [5.41, 5.74) is 1.80. The van der Waals surface area contributed by atoms with Crippen LogP contribution < -0.4 is 15.3 Å². The molecule has 6 rings (SSSR count). The van der Waals surface area contributed by atoms with Crippen LogP contribution in [-0.4, -0.2) is 62.2 Å². The first kappa shape index (κ1) is 28.7. The van der Waals surface area contributed by atoms with Gasteiger partial charge in [-0.05, 0) is 55.7 Å². The molecule has 0 aliphatic carbocycles. The van der Waals surface area contributed by atoms with Gasteiger partial charge in [0.1, 0.15) is 18.2 Å². The number of carbonyl (C=O) groups excluding carboxylic acids is 1. The van der Waals surface area contributed by atoms with Gasteiger partial charge in [0, 0.05) is 36.5 Å². The zero-order valence-corrected chi connectivity index (χ0v) is 25.0. The van der Waals surface area contributed by atoms with Crippen LogP contribution in [0.1, 0.15) is 37.9 Å². The Balaban J connectivity index is 1.72. The molecule has 2 aromatic heterocycles. The quantitative estimate of drug-likeness (QED) is 0.313. The molecule has 0 bridgehead atoms. The van der Waals surface area contributed by atoms with E-state index in [0.717, 1.165) is 5.56 Å². The van der Waals surface area contributed by atoms with Crippen molar-refractivity contribution >= 4 is 34.2 Å². The Labute approximate surface area is 252 Å². The van der Waals surface area contributed by atoms with Crippen molar-refractivity contribution in [2.24, 2.45) is 0 Å². The first-order chi connectivity index (χ1) is 20.5. The van der Waals surface area contributed by atoms with E-state index in [1.54, 1.807) is 29.3 Å². The van der Waals surface area contributed by atoms with Crippen molar-refractivity contribution in [1.82, 2.24) is 19.4 Å². The minimum Gasteiger partial charge on any atom is -0.507 e. The predicted octanol–water partition coefficient (Wildman–Crippen LogP) is 5.36. The van der Waals surface area contributed by atoms with Gasteiger partial charge in [-0.3, -0.25) is 14.3 Å². The molecule has 11 heteroatoms. The van der Waals surface area contributed by atoms with Gasteiger partial charge in [-0.25, -0.2) is 9.18 Å². The number of aromatic nitrogens is 3. The molecule has 9 nitrogen and oxygen atoms in total. The Hall–Kier alpha value is -4.44.